The van der Waals surface area contributed by atoms with Crippen LogP contribution in [0.25, 0.3) is 17.0 Å². The highest BCUT2D eigenvalue weighted by atomic mass is 32.1. The molecular weight excluding hydrogens is 534 g/mol. The summed E-state index contributed by atoms with van der Waals surface area (Å²) in [5.74, 6) is 1.33. The summed E-state index contributed by atoms with van der Waals surface area (Å²) in [4.78, 5) is 28.2. The number of amides is 2. The Balaban J connectivity index is 1.37. The van der Waals surface area contributed by atoms with Crippen molar-refractivity contribution in [3.05, 3.63) is 120 Å². The zero-order chi connectivity index (χ0) is 28.5. The van der Waals surface area contributed by atoms with E-state index in [1.807, 2.05) is 97.4 Å². The zero-order valence-corrected chi connectivity index (χ0v) is 23.1. The number of ether oxygens (including phenoxy) is 2. The molecule has 0 saturated carbocycles. The minimum absolute atomic E-state index is 0.00271. The fourth-order valence-electron chi connectivity index (χ4n) is 4.70. The van der Waals surface area contributed by atoms with Crippen LogP contribution in [0.4, 0.5) is 5.69 Å². The lowest BCUT2D eigenvalue weighted by atomic mass is 10.1. The molecule has 1 N–H and O–H groups in total. The topological polar surface area (TPSA) is 72.8 Å². The first kappa shape index (κ1) is 26.0. The SMILES string of the molecule is Cc1ccc(Oc2c(/C=C3\C(=O)NC(=S)N(c4ccc(Oc5ccccc5)cc4)C3=O)c3ccccc3n2C)cc1. The van der Waals surface area contributed by atoms with Crippen LogP contribution in [0.5, 0.6) is 23.1 Å². The minimum Gasteiger partial charge on any atom is -0.457 e. The molecule has 4 aromatic carbocycles. The molecule has 0 aliphatic carbocycles. The number of thiocarbonyl (C=S) groups is 1. The second-order valence-corrected chi connectivity index (χ2v) is 9.96. The summed E-state index contributed by atoms with van der Waals surface area (Å²) < 4.78 is 14.1. The van der Waals surface area contributed by atoms with Crippen molar-refractivity contribution in [2.24, 2.45) is 7.05 Å². The molecule has 0 radical (unpaired) electrons. The van der Waals surface area contributed by atoms with E-state index in [0.29, 0.717) is 34.4 Å². The van der Waals surface area contributed by atoms with Gasteiger partial charge in [-0.1, -0.05) is 54.1 Å². The van der Waals surface area contributed by atoms with Gasteiger partial charge in [0.25, 0.3) is 11.8 Å². The second-order valence-electron chi connectivity index (χ2n) is 9.58. The molecule has 1 aromatic heterocycles. The Bertz CT molecular complexity index is 1820. The van der Waals surface area contributed by atoms with Crippen LogP contribution in [-0.2, 0) is 16.6 Å². The van der Waals surface area contributed by atoms with Crippen molar-refractivity contribution >= 4 is 51.8 Å². The highest BCUT2D eigenvalue weighted by Crippen LogP contribution is 2.37. The highest BCUT2D eigenvalue weighted by molar-refractivity contribution is 7.80. The molecule has 1 aliphatic rings. The first-order valence-corrected chi connectivity index (χ1v) is 13.4. The lowest BCUT2D eigenvalue weighted by Gasteiger charge is -2.29. The summed E-state index contributed by atoms with van der Waals surface area (Å²) >= 11 is 5.41. The van der Waals surface area contributed by atoms with E-state index in [4.69, 9.17) is 21.7 Å². The van der Waals surface area contributed by atoms with Crippen LogP contribution in [0.1, 0.15) is 11.1 Å². The Morgan fingerprint density at radius 3 is 2.10 bits per heavy atom. The molecule has 202 valence electrons. The third kappa shape index (κ3) is 5.08. The van der Waals surface area contributed by atoms with Crippen LogP contribution in [-0.4, -0.2) is 21.5 Å². The molecule has 5 aromatic rings. The number of aryl methyl sites for hydroxylation is 2. The Kier molecular flexibility index (Phi) is 6.83. The number of carbonyl (C=O) groups is 2. The number of hydrogen-bond acceptors (Lipinski definition) is 5. The van der Waals surface area contributed by atoms with Crippen LogP contribution in [0.15, 0.2) is 109 Å². The van der Waals surface area contributed by atoms with Gasteiger partial charge in [0, 0.05) is 18.0 Å². The van der Waals surface area contributed by atoms with Gasteiger partial charge in [0.1, 0.15) is 22.8 Å². The molecule has 7 nitrogen and oxygen atoms in total. The molecule has 1 saturated heterocycles. The Labute approximate surface area is 242 Å². The standard InChI is InChI=1S/C33H25N3O4S/c1-21-12-16-25(17-13-21)40-32-27(26-10-6-7-11-29(26)35(32)2)20-28-30(37)34-33(41)36(31(28)38)22-14-18-24(19-15-22)39-23-8-4-3-5-9-23/h3-20H,1-2H3,(H,34,37,41)/b28-20+. The fourth-order valence-corrected chi connectivity index (χ4v) is 4.99. The van der Waals surface area contributed by atoms with Crippen molar-refractivity contribution in [2.75, 3.05) is 4.90 Å². The lowest BCUT2D eigenvalue weighted by molar-refractivity contribution is -0.122. The van der Waals surface area contributed by atoms with Gasteiger partial charge in [-0.25, -0.2) is 0 Å². The van der Waals surface area contributed by atoms with Gasteiger partial charge in [0.05, 0.1) is 11.2 Å². The van der Waals surface area contributed by atoms with Crippen LogP contribution < -0.4 is 19.7 Å². The van der Waals surface area contributed by atoms with E-state index in [1.165, 1.54) is 4.90 Å². The molecule has 2 heterocycles. The molecule has 0 spiro atoms. The first-order chi connectivity index (χ1) is 19.9. The number of aromatic nitrogens is 1. The lowest BCUT2D eigenvalue weighted by Crippen LogP contribution is -2.54. The number of rotatable bonds is 6. The molecule has 1 fully saturated rings. The average Bonchev–Trinajstić information content (AvgIpc) is 3.24. The van der Waals surface area contributed by atoms with Crippen molar-refractivity contribution in [2.45, 2.75) is 6.92 Å². The smallest absolute Gasteiger partial charge is 0.270 e. The van der Waals surface area contributed by atoms with E-state index in [1.54, 1.807) is 30.3 Å². The molecule has 0 unspecified atom stereocenters. The maximum absolute atomic E-state index is 13.8. The maximum atomic E-state index is 13.8. The molecule has 41 heavy (non-hydrogen) atoms. The van der Waals surface area contributed by atoms with Crippen LogP contribution in [0.3, 0.4) is 0 Å². The number of para-hydroxylation sites is 2. The summed E-state index contributed by atoms with van der Waals surface area (Å²) in [6, 6.07) is 31.8. The number of nitrogens with one attached hydrogen (secondary N) is 1. The van der Waals surface area contributed by atoms with Gasteiger partial charge in [-0.2, -0.15) is 0 Å². The third-order valence-corrected chi connectivity index (χ3v) is 7.07. The van der Waals surface area contributed by atoms with Crippen LogP contribution in [0.2, 0.25) is 0 Å². The molecule has 0 atom stereocenters. The minimum atomic E-state index is -0.575. The largest absolute Gasteiger partial charge is 0.457 e. The summed E-state index contributed by atoms with van der Waals surface area (Å²) in [6.45, 7) is 2.00. The van der Waals surface area contributed by atoms with E-state index in [-0.39, 0.29) is 10.7 Å². The second kappa shape index (κ2) is 10.7. The number of fused-ring (bicyclic) bond motifs is 1. The van der Waals surface area contributed by atoms with Gasteiger partial charge >= 0.3 is 0 Å². The zero-order valence-electron chi connectivity index (χ0n) is 22.3. The predicted octanol–water partition coefficient (Wildman–Crippen LogP) is 6.90. The fraction of sp³-hybridized carbons (Fsp3) is 0.0606. The first-order valence-electron chi connectivity index (χ1n) is 13.0. The molecule has 6 rings (SSSR count). The van der Waals surface area contributed by atoms with Gasteiger partial charge < -0.3 is 14.0 Å². The van der Waals surface area contributed by atoms with Gasteiger partial charge in [-0.3, -0.25) is 19.8 Å². The van der Waals surface area contributed by atoms with Crippen molar-refractivity contribution in [3.63, 3.8) is 0 Å². The Hall–Kier alpha value is -5.21. The monoisotopic (exact) mass is 559 g/mol. The summed E-state index contributed by atoms with van der Waals surface area (Å²) in [5, 5.41) is 3.51. The molecular formula is C33H25N3O4S. The van der Waals surface area contributed by atoms with Gasteiger partial charge in [-0.05, 0) is 79.8 Å². The molecule has 1 aliphatic heterocycles. The maximum Gasteiger partial charge on any atom is 0.270 e. The normalized spacial score (nSPS) is 14.4. The van der Waals surface area contributed by atoms with E-state index >= 15 is 0 Å². The van der Waals surface area contributed by atoms with Crippen molar-refractivity contribution < 1.29 is 19.1 Å². The van der Waals surface area contributed by atoms with Crippen LogP contribution in [0, 0.1) is 6.92 Å². The van der Waals surface area contributed by atoms with Crippen LogP contribution >= 0.6 is 12.2 Å². The van der Waals surface area contributed by atoms with Gasteiger partial charge in [0.15, 0.2) is 5.11 Å². The Morgan fingerprint density at radius 2 is 1.37 bits per heavy atom. The van der Waals surface area contributed by atoms with Gasteiger partial charge in [0.2, 0.25) is 5.88 Å². The number of benzene rings is 4. The van der Waals surface area contributed by atoms with E-state index in [9.17, 15) is 9.59 Å². The quantitative estimate of drug-likeness (QED) is 0.139. The van der Waals surface area contributed by atoms with E-state index in [2.05, 4.69) is 5.32 Å². The Morgan fingerprint density at radius 1 is 0.756 bits per heavy atom. The number of hydrogen-bond donors (Lipinski definition) is 1. The van der Waals surface area contributed by atoms with Crippen molar-refractivity contribution in [1.29, 1.82) is 0 Å². The third-order valence-electron chi connectivity index (χ3n) is 6.79. The molecule has 2 amide bonds. The van der Waals surface area contributed by atoms with E-state index < -0.39 is 11.8 Å². The van der Waals surface area contributed by atoms with Crippen molar-refractivity contribution in [1.82, 2.24) is 9.88 Å². The summed E-state index contributed by atoms with van der Waals surface area (Å²) in [7, 11) is 1.89. The molecule has 0 bridgehead atoms. The van der Waals surface area contributed by atoms with E-state index in [0.717, 1.165) is 16.5 Å². The van der Waals surface area contributed by atoms with Crippen molar-refractivity contribution in [3.8, 4) is 23.1 Å². The molecule has 8 heteroatoms. The predicted molar refractivity (Wildman–Crippen MR) is 163 cm³/mol. The number of anilines is 1. The average molecular weight is 560 g/mol. The number of carbonyl (C=O) groups excluding carboxylic acids is 2. The summed E-state index contributed by atoms with van der Waals surface area (Å²) in [6.07, 6.45) is 1.57. The summed E-state index contributed by atoms with van der Waals surface area (Å²) in [5.41, 5.74) is 3.05. The number of nitrogens with zero attached hydrogens (tertiary/aromatic N) is 2. The highest BCUT2D eigenvalue weighted by Gasteiger charge is 2.35. The van der Waals surface area contributed by atoms with Gasteiger partial charge in [-0.15, -0.1) is 0 Å².